The number of para-hydroxylation sites is 1. The number of amides is 1. The molecule has 1 aromatic carbocycles. The van der Waals surface area contributed by atoms with Gasteiger partial charge in [-0.1, -0.05) is 12.1 Å². The van der Waals surface area contributed by atoms with Gasteiger partial charge in [-0.25, -0.2) is 4.98 Å². The van der Waals surface area contributed by atoms with E-state index in [1.54, 1.807) is 34.4 Å². The molecule has 2 aliphatic rings. The number of carbonyl (C=O) groups excluding carboxylic acids is 1. The Bertz CT molecular complexity index is 1080. The molecule has 1 fully saturated rings. The maximum atomic E-state index is 12.9. The van der Waals surface area contributed by atoms with Crippen LogP contribution in [0.2, 0.25) is 0 Å². The van der Waals surface area contributed by atoms with Crippen LogP contribution < -0.4 is 5.56 Å². The molecule has 0 aliphatic carbocycles. The Morgan fingerprint density at radius 3 is 2.89 bits per heavy atom. The number of carbonyl (C=O) groups is 1. The quantitative estimate of drug-likeness (QED) is 0.703. The molecule has 4 heterocycles. The molecule has 1 saturated heterocycles. The zero-order valence-electron chi connectivity index (χ0n) is 14.7. The van der Waals surface area contributed by atoms with Crippen LogP contribution in [-0.2, 0) is 16.8 Å². The third kappa shape index (κ3) is 2.69. The van der Waals surface area contributed by atoms with Crippen molar-refractivity contribution in [3.8, 4) is 0 Å². The van der Waals surface area contributed by atoms with Crippen LogP contribution in [0.5, 0.6) is 0 Å². The van der Waals surface area contributed by atoms with Crippen molar-refractivity contribution in [3.05, 3.63) is 62.3 Å². The molecule has 138 valence electrons. The summed E-state index contributed by atoms with van der Waals surface area (Å²) in [7, 11) is 0. The fraction of sp³-hybridized carbons (Fsp3) is 0.350. The van der Waals surface area contributed by atoms with Crippen LogP contribution in [0.3, 0.4) is 0 Å². The van der Waals surface area contributed by atoms with Crippen molar-refractivity contribution in [2.24, 2.45) is 0 Å². The minimum Gasteiger partial charge on any atom is -0.370 e. The Kier molecular flexibility index (Phi) is 3.87. The van der Waals surface area contributed by atoms with Crippen LogP contribution in [0.1, 0.15) is 33.9 Å². The monoisotopic (exact) mass is 381 g/mol. The summed E-state index contributed by atoms with van der Waals surface area (Å²) in [6, 6.07) is 9.22. The maximum absolute atomic E-state index is 12.9. The molecule has 0 saturated carbocycles. The lowest BCUT2D eigenvalue weighted by molar-refractivity contribution is -0.0927. The SMILES string of the molecule is O=C(c1nc2ccccc2c(=O)[nH]1)N1CCC2(CC1)OCCc1sccc12. The number of fused-ring (bicyclic) bond motifs is 3. The molecule has 7 heteroatoms. The van der Waals surface area contributed by atoms with Crippen LogP contribution in [0.25, 0.3) is 10.9 Å². The first-order chi connectivity index (χ1) is 13.2. The molecule has 3 aromatic rings. The molecule has 5 rings (SSSR count). The molecule has 0 atom stereocenters. The number of aromatic nitrogens is 2. The number of piperidine rings is 1. The number of likely N-dealkylation sites (tertiary alicyclic amines) is 1. The predicted octanol–water partition coefficient (Wildman–Crippen LogP) is 2.69. The van der Waals surface area contributed by atoms with Gasteiger partial charge in [-0.05, 0) is 42.0 Å². The van der Waals surface area contributed by atoms with Crippen LogP contribution in [0.15, 0.2) is 40.5 Å². The van der Waals surface area contributed by atoms with Gasteiger partial charge >= 0.3 is 0 Å². The lowest BCUT2D eigenvalue weighted by Gasteiger charge is -2.43. The first-order valence-corrected chi connectivity index (χ1v) is 10.0. The van der Waals surface area contributed by atoms with Gasteiger partial charge in [-0.2, -0.15) is 0 Å². The van der Waals surface area contributed by atoms with Crippen LogP contribution in [-0.4, -0.2) is 40.5 Å². The summed E-state index contributed by atoms with van der Waals surface area (Å²) in [5.41, 5.74) is 1.28. The summed E-state index contributed by atoms with van der Waals surface area (Å²) in [6.45, 7) is 1.91. The standard InChI is InChI=1S/C20H19N3O3S/c24-18-13-3-1-2-4-15(13)21-17(22-18)19(25)23-9-7-20(8-10-23)14-6-12-27-16(14)5-11-26-20/h1-4,6,12H,5,7-11H2,(H,21,22,24). The van der Waals surface area contributed by atoms with E-state index < -0.39 is 0 Å². The van der Waals surface area contributed by atoms with Crippen LogP contribution in [0, 0.1) is 0 Å². The lowest BCUT2D eigenvalue weighted by atomic mass is 9.82. The van der Waals surface area contributed by atoms with E-state index in [0.717, 1.165) is 25.9 Å². The number of thiophene rings is 1. The van der Waals surface area contributed by atoms with Crippen LogP contribution >= 0.6 is 11.3 Å². The highest BCUT2D eigenvalue weighted by molar-refractivity contribution is 7.10. The third-order valence-electron chi connectivity index (χ3n) is 5.62. The average Bonchev–Trinajstić information content (AvgIpc) is 3.19. The topological polar surface area (TPSA) is 75.3 Å². The van der Waals surface area contributed by atoms with E-state index in [0.29, 0.717) is 24.0 Å². The van der Waals surface area contributed by atoms with Crippen molar-refractivity contribution in [2.45, 2.75) is 24.9 Å². The molecule has 0 bridgehead atoms. The second kappa shape index (κ2) is 6.28. The van der Waals surface area contributed by atoms with E-state index >= 15 is 0 Å². The first kappa shape index (κ1) is 16.6. The molecule has 1 amide bonds. The van der Waals surface area contributed by atoms with Crippen molar-refractivity contribution < 1.29 is 9.53 Å². The Balaban J connectivity index is 1.39. The Hall–Kier alpha value is -2.51. The number of ether oxygens (including phenoxy) is 1. The number of nitrogens with one attached hydrogen (secondary N) is 1. The van der Waals surface area contributed by atoms with Crippen molar-refractivity contribution in [1.82, 2.24) is 14.9 Å². The zero-order valence-corrected chi connectivity index (χ0v) is 15.6. The molecular weight excluding hydrogens is 362 g/mol. The molecular formula is C20H19N3O3S. The third-order valence-corrected chi connectivity index (χ3v) is 6.60. The van der Waals surface area contributed by atoms with Gasteiger partial charge in [0.05, 0.1) is 23.1 Å². The molecule has 2 aliphatic heterocycles. The van der Waals surface area contributed by atoms with Gasteiger partial charge in [0, 0.05) is 24.4 Å². The van der Waals surface area contributed by atoms with Gasteiger partial charge < -0.3 is 14.6 Å². The average molecular weight is 381 g/mol. The molecule has 6 nitrogen and oxygen atoms in total. The predicted molar refractivity (Wildman–Crippen MR) is 103 cm³/mol. The number of nitrogens with zero attached hydrogens (tertiary/aromatic N) is 2. The normalized spacial score (nSPS) is 18.6. The summed E-state index contributed by atoms with van der Waals surface area (Å²) < 4.78 is 6.20. The number of benzene rings is 1. The van der Waals surface area contributed by atoms with E-state index in [9.17, 15) is 9.59 Å². The van der Waals surface area contributed by atoms with Gasteiger partial charge in [0.1, 0.15) is 0 Å². The van der Waals surface area contributed by atoms with Crippen molar-refractivity contribution >= 4 is 28.1 Å². The summed E-state index contributed by atoms with van der Waals surface area (Å²) >= 11 is 1.79. The molecule has 1 N–H and O–H groups in total. The Morgan fingerprint density at radius 1 is 1.22 bits per heavy atom. The number of rotatable bonds is 1. The van der Waals surface area contributed by atoms with Crippen molar-refractivity contribution in [1.29, 1.82) is 0 Å². The minimum absolute atomic E-state index is 0.107. The summed E-state index contributed by atoms with van der Waals surface area (Å²) in [5.74, 6) is -0.121. The van der Waals surface area contributed by atoms with Gasteiger partial charge in [-0.3, -0.25) is 9.59 Å². The molecule has 0 unspecified atom stereocenters. The van der Waals surface area contributed by atoms with Gasteiger partial charge in [0.15, 0.2) is 5.82 Å². The van der Waals surface area contributed by atoms with Crippen molar-refractivity contribution in [3.63, 3.8) is 0 Å². The molecule has 1 spiro atoms. The first-order valence-electron chi connectivity index (χ1n) is 9.15. The zero-order chi connectivity index (χ0) is 18.4. The summed E-state index contributed by atoms with van der Waals surface area (Å²) in [4.78, 5) is 35.3. The fourth-order valence-corrected chi connectivity index (χ4v) is 5.13. The highest BCUT2D eigenvalue weighted by atomic mass is 32.1. The van der Waals surface area contributed by atoms with Gasteiger partial charge in [0.2, 0.25) is 0 Å². The number of hydrogen-bond donors (Lipinski definition) is 1. The van der Waals surface area contributed by atoms with Crippen LogP contribution in [0.4, 0.5) is 0 Å². The van der Waals surface area contributed by atoms with E-state index in [-0.39, 0.29) is 22.9 Å². The summed E-state index contributed by atoms with van der Waals surface area (Å²) in [6.07, 6.45) is 2.50. The highest BCUT2D eigenvalue weighted by Gasteiger charge is 2.42. The van der Waals surface area contributed by atoms with Crippen molar-refractivity contribution in [2.75, 3.05) is 19.7 Å². The number of hydrogen-bond acceptors (Lipinski definition) is 5. The smallest absolute Gasteiger partial charge is 0.289 e. The van der Waals surface area contributed by atoms with E-state index in [2.05, 4.69) is 21.4 Å². The Labute approximate surface area is 159 Å². The maximum Gasteiger partial charge on any atom is 0.289 e. The lowest BCUT2D eigenvalue weighted by Crippen LogP contribution is -2.48. The second-order valence-electron chi connectivity index (χ2n) is 7.07. The van der Waals surface area contributed by atoms with Gasteiger partial charge in [0.25, 0.3) is 11.5 Å². The van der Waals surface area contributed by atoms with E-state index in [1.165, 1.54) is 10.4 Å². The molecule has 27 heavy (non-hydrogen) atoms. The number of H-pyrrole nitrogens is 1. The number of aromatic amines is 1. The second-order valence-corrected chi connectivity index (χ2v) is 8.07. The minimum atomic E-state index is -0.282. The summed E-state index contributed by atoms with van der Waals surface area (Å²) in [5, 5.41) is 2.62. The largest absolute Gasteiger partial charge is 0.370 e. The molecule has 0 radical (unpaired) electrons. The van der Waals surface area contributed by atoms with E-state index in [1.807, 2.05) is 6.07 Å². The molecule has 2 aromatic heterocycles. The fourth-order valence-electron chi connectivity index (χ4n) is 4.18. The van der Waals surface area contributed by atoms with Gasteiger partial charge in [-0.15, -0.1) is 11.3 Å². The Morgan fingerprint density at radius 2 is 2.04 bits per heavy atom. The van der Waals surface area contributed by atoms with E-state index in [4.69, 9.17) is 4.74 Å². The highest BCUT2D eigenvalue weighted by Crippen LogP contribution is 2.43.